The minimum atomic E-state index is -0.0497. The van der Waals surface area contributed by atoms with Crippen LogP contribution in [0.2, 0.25) is 0 Å². The fourth-order valence-corrected chi connectivity index (χ4v) is 1.76. The summed E-state index contributed by atoms with van der Waals surface area (Å²) in [5, 5.41) is 7.30. The number of hydrogen-bond acceptors (Lipinski definition) is 3. The Bertz CT molecular complexity index is 612. The van der Waals surface area contributed by atoms with Crippen LogP contribution in [0.15, 0.2) is 42.6 Å². The van der Waals surface area contributed by atoms with Crippen molar-refractivity contribution < 1.29 is 4.74 Å². The molecule has 0 unspecified atom stereocenters. The van der Waals surface area contributed by atoms with Gasteiger partial charge >= 0.3 is 0 Å². The smallest absolute Gasteiger partial charge is 0.145 e. The molecule has 0 aliphatic heterocycles. The molecule has 0 saturated heterocycles. The highest BCUT2D eigenvalue weighted by Crippen LogP contribution is 2.28. The SMILES string of the molecule is CC(C)(C)c1cccc(Oc2ccc(C(=N)N)nc2)c1. The number of pyridine rings is 1. The van der Waals surface area contributed by atoms with E-state index in [2.05, 4.69) is 31.8 Å². The first-order valence-electron chi connectivity index (χ1n) is 6.45. The third-order valence-corrected chi connectivity index (χ3v) is 2.95. The minimum Gasteiger partial charge on any atom is -0.456 e. The minimum absolute atomic E-state index is 0.0497. The van der Waals surface area contributed by atoms with Gasteiger partial charge in [0.05, 0.1) is 6.20 Å². The first-order valence-corrected chi connectivity index (χ1v) is 6.45. The van der Waals surface area contributed by atoms with E-state index in [0.717, 1.165) is 5.75 Å². The lowest BCUT2D eigenvalue weighted by molar-refractivity contribution is 0.476. The van der Waals surface area contributed by atoms with Gasteiger partial charge in [0.25, 0.3) is 0 Å². The number of rotatable bonds is 3. The van der Waals surface area contributed by atoms with E-state index < -0.39 is 0 Å². The first-order chi connectivity index (χ1) is 9.36. The largest absolute Gasteiger partial charge is 0.456 e. The molecule has 3 N–H and O–H groups in total. The van der Waals surface area contributed by atoms with Gasteiger partial charge < -0.3 is 10.5 Å². The van der Waals surface area contributed by atoms with Crippen molar-refractivity contribution in [1.29, 1.82) is 5.41 Å². The van der Waals surface area contributed by atoms with Crippen LogP contribution in [-0.2, 0) is 5.41 Å². The second-order valence-corrected chi connectivity index (χ2v) is 5.67. The van der Waals surface area contributed by atoms with E-state index >= 15 is 0 Å². The summed E-state index contributed by atoms with van der Waals surface area (Å²) in [5.74, 6) is 1.35. The summed E-state index contributed by atoms with van der Waals surface area (Å²) in [7, 11) is 0. The Kier molecular flexibility index (Phi) is 3.74. The monoisotopic (exact) mass is 269 g/mol. The Labute approximate surface area is 119 Å². The number of nitrogens with two attached hydrogens (primary N) is 1. The molecule has 20 heavy (non-hydrogen) atoms. The van der Waals surface area contributed by atoms with Gasteiger partial charge in [-0.1, -0.05) is 32.9 Å². The molecule has 0 atom stereocenters. The summed E-state index contributed by atoms with van der Waals surface area (Å²) in [6, 6.07) is 11.4. The zero-order valence-corrected chi connectivity index (χ0v) is 12.0. The molecule has 104 valence electrons. The van der Waals surface area contributed by atoms with E-state index in [4.69, 9.17) is 15.9 Å². The summed E-state index contributed by atoms with van der Waals surface area (Å²) in [4.78, 5) is 4.07. The molecule has 0 saturated carbocycles. The first kappa shape index (κ1) is 14.1. The molecule has 2 rings (SSSR count). The predicted molar refractivity (Wildman–Crippen MR) is 80.5 cm³/mol. The van der Waals surface area contributed by atoms with Crippen LogP contribution in [0.25, 0.3) is 0 Å². The van der Waals surface area contributed by atoms with E-state index in [-0.39, 0.29) is 11.3 Å². The number of nitrogen functional groups attached to an aromatic ring is 1. The van der Waals surface area contributed by atoms with Crippen molar-refractivity contribution >= 4 is 5.84 Å². The molecule has 0 radical (unpaired) electrons. The molecule has 0 aliphatic rings. The average molecular weight is 269 g/mol. The molecule has 4 nitrogen and oxygen atoms in total. The Morgan fingerprint density at radius 1 is 1.15 bits per heavy atom. The van der Waals surface area contributed by atoms with Crippen LogP contribution in [0.3, 0.4) is 0 Å². The molecular formula is C16H19N3O. The molecule has 0 spiro atoms. The fraction of sp³-hybridized carbons (Fsp3) is 0.250. The van der Waals surface area contributed by atoms with Gasteiger partial charge in [0.15, 0.2) is 0 Å². The lowest BCUT2D eigenvalue weighted by Crippen LogP contribution is -2.12. The van der Waals surface area contributed by atoms with Crippen molar-refractivity contribution in [1.82, 2.24) is 4.98 Å². The molecule has 0 aliphatic carbocycles. The van der Waals surface area contributed by atoms with Crippen LogP contribution in [0.1, 0.15) is 32.0 Å². The number of amidine groups is 1. The summed E-state index contributed by atoms with van der Waals surface area (Å²) >= 11 is 0. The standard InChI is InChI=1S/C16H19N3O/c1-16(2,3)11-5-4-6-12(9-11)20-13-7-8-14(15(17)18)19-10-13/h4-10H,1-3H3,(H3,17,18). The van der Waals surface area contributed by atoms with Gasteiger partial charge in [-0.15, -0.1) is 0 Å². The Morgan fingerprint density at radius 2 is 1.90 bits per heavy atom. The highest BCUT2D eigenvalue weighted by molar-refractivity contribution is 5.92. The van der Waals surface area contributed by atoms with Crippen LogP contribution in [0.4, 0.5) is 0 Å². The van der Waals surface area contributed by atoms with E-state index in [1.54, 1.807) is 18.3 Å². The Hall–Kier alpha value is -2.36. The van der Waals surface area contributed by atoms with Crippen LogP contribution in [0, 0.1) is 5.41 Å². The van der Waals surface area contributed by atoms with Gasteiger partial charge in [-0.25, -0.2) is 4.98 Å². The molecule has 1 aromatic carbocycles. The Balaban J connectivity index is 2.20. The van der Waals surface area contributed by atoms with E-state index in [1.807, 2.05) is 18.2 Å². The van der Waals surface area contributed by atoms with Gasteiger partial charge in [0, 0.05) is 0 Å². The third kappa shape index (κ3) is 3.35. The summed E-state index contributed by atoms with van der Waals surface area (Å²) in [6.07, 6.45) is 1.57. The molecule has 0 amide bonds. The third-order valence-electron chi connectivity index (χ3n) is 2.95. The summed E-state index contributed by atoms with van der Waals surface area (Å²) in [5.41, 5.74) is 7.10. The van der Waals surface area contributed by atoms with Gasteiger partial charge in [0.1, 0.15) is 23.0 Å². The topological polar surface area (TPSA) is 72.0 Å². The zero-order chi connectivity index (χ0) is 14.8. The number of benzene rings is 1. The van der Waals surface area contributed by atoms with Crippen LogP contribution in [-0.4, -0.2) is 10.8 Å². The predicted octanol–water partition coefficient (Wildman–Crippen LogP) is 3.46. The maximum absolute atomic E-state index is 7.30. The normalized spacial score (nSPS) is 11.2. The molecular weight excluding hydrogens is 250 g/mol. The second-order valence-electron chi connectivity index (χ2n) is 5.67. The average Bonchev–Trinajstić information content (AvgIpc) is 2.38. The lowest BCUT2D eigenvalue weighted by Gasteiger charge is -2.19. The van der Waals surface area contributed by atoms with Crippen LogP contribution >= 0.6 is 0 Å². The molecule has 4 heteroatoms. The quantitative estimate of drug-likeness (QED) is 0.662. The molecule has 0 bridgehead atoms. The van der Waals surface area contributed by atoms with Crippen LogP contribution < -0.4 is 10.5 Å². The molecule has 2 aromatic rings. The van der Waals surface area contributed by atoms with Crippen molar-refractivity contribution in [2.45, 2.75) is 26.2 Å². The number of ether oxygens (including phenoxy) is 1. The van der Waals surface area contributed by atoms with Gasteiger partial charge in [-0.2, -0.15) is 0 Å². The van der Waals surface area contributed by atoms with Gasteiger partial charge in [-0.05, 0) is 35.2 Å². The fourth-order valence-electron chi connectivity index (χ4n) is 1.76. The van der Waals surface area contributed by atoms with Crippen molar-refractivity contribution in [2.24, 2.45) is 5.73 Å². The van der Waals surface area contributed by atoms with Crippen molar-refractivity contribution in [3.8, 4) is 11.5 Å². The summed E-state index contributed by atoms with van der Waals surface area (Å²) < 4.78 is 5.78. The highest BCUT2D eigenvalue weighted by Gasteiger charge is 2.14. The highest BCUT2D eigenvalue weighted by atomic mass is 16.5. The number of aromatic nitrogens is 1. The van der Waals surface area contributed by atoms with Crippen molar-refractivity contribution in [2.75, 3.05) is 0 Å². The maximum atomic E-state index is 7.30. The van der Waals surface area contributed by atoms with Crippen molar-refractivity contribution in [3.63, 3.8) is 0 Å². The number of nitrogens with one attached hydrogen (secondary N) is 1. The lowest BCUT2D eigenvalue weighted by atomic mass is 9.87. The van der Waals surface area contributed by atoms with Gasteiger partial charge in [-0.3, -0.25) is 5.41 Å². The van der Waals surface area contributed by atoms with Crippen LogP contribution in [0.5, 0.6) is 11.5 Å². The van der Waals surface area contributed by atoms with Crippen molar-refractivity contribution in [3.05, 3.63) is 53.9 Å². The van der Waals surface area contributed by atoms with E-state index in [1.165, 1.54) is 5.56 Å². The molecule has 0 fully saturated rings. The molecule has 1 heterocycles. The second kappa shape index (κ2) is 5.33. The maximum Gasteiger partial charge on any atom is 0.145 e. The number of nitrogens with zero attached hydrogens (tertiary/aromatic N) is 1. The zero-order valence-electron chi connectivity index (χ0n) is 12.0. The van der Waals surface area contributed by atoms with E-state index in [0.29, 0.717) is 11.4 Å². The van der Waals surface area contributed by atoms with E-state index in [9.17, 15) is 0 Å². The molecule has 1 aromatic heterocycles. The van der Waals surface area contributed by atoms with Gasteiger partial charge in [0.2, 0.25) is 0 Å². The summed E-state index contributed by atoms with van der Waals surface area (Å²) in [6.45, 7) is 6.49. The number of hydrogen-bond donors (Lipinski definition) is 2. The Morgan fingerprint density at radius 3 is 2.45 bits per heavy atom.